The maximum absolute atomic E-state index is 13.1. The van der Waals surface area contributed by atoms with Crippen molar-refractivity contribution < 1.29 is 14.3 Å². The third kappa shape index (κ3) is 5.10. The number of anilines is 1. The third-order valence-electron chi connectivity index (χ3n) is 8.02. The zero-order valence-corrected chi connectivity index (χ0v) is 23.4. The second-order valence-corrected chi connectivity index (χ2v) is 11.4. The summed E-state index contributed by atoms with van der Waals surface area (Å²) in [5, 5.41) is 13.4. The summed E-state index contributed by atoms with van der Waals surface area (Å²) in [4.78, 5) is 32.8. The molecule has 1 aliphatic heterocycles. The molecule has 200 valence electrons. The quantitative estimate of drug-likeness (QED) is 0.490. The third-order valence-corrected chi connectivity index (χ3v) is 8.02. The van der Waals surface area contributed by atoms with Gasteiger partial charge in [-0.2, -0.15) is 5.26 Å². The molecule has 1 aliphatic rings. The van der Waals surface area contributed by atoms with Crippen LogP contribution in [0.15, 0.2) is 30.6 Å². The lowest BCUT2D eigenvalue weighted by Crippen LogP contribution is -2.43. The lowest BCUT2D eigenvalue weighted by atomic mass is 9.80. The van der Waals surface area contributed by atoms with Crippen LogP contribution in [0, 0.1) is 29.6 Å². The number of methoxy groups -OCH3 is 1. The van der Waals surface area contributed by atoms with Crippen molar-refractivity contribution in [3.05, 3.63) is 52.8 Å². The number of hydrogen-bond acceptors (Lipinski definition) is 5. The minimum atomic E-state index is -0.314. The Morgan fingerprint density at radius 1 is 1.24 bits per heavy atom. The van der Waals surface area contributed by atoms with Crippen LogP contribution in [0.4, 0.5) is 5.69 Å². The molecule has 1 aromatic carbocycles. The molecule has 38 heavy (non-hydrogen) atoms. The number of amides is 2. The molecule has 0 saturated carbocycles. The van der Waals surface area contributed by atoms with Crippen molar-refractivity contribution in [1.29, 1.82) is 5.26 Å². The molecule has 4 rings (SSSR count). The number of nitriles is 1. The van der Waals surface area contributed by atoms with Gasteiger partial charge < -0.3 is 19.5 Å². The summed E-state index contributed by atoms with van der Waals surface area (Å²) in [6, 6.07) is 6.85. The Hall–Kier alpha value is -3.86. The van der Waals surface area contributed by atoms with Crippen molar-refractivity contribution in [2.45, 2.75) is 53.4 Å². The number of likely N-dealkylation sites (tertiary alicyclic amines) is 1. The van der Waals surface area contributed by atoms with E-state index in [0.29, 0.717) is 28.5 Å². The number of nitrogens with zero attached hydrogens (tertiary/aromatic N) is 4. The molecule has 1 atom stereocenters. The van der Waals surface area contributed by atoms with Gasteiger partial charge in [-0.15, -0.1) is 0 Å². The van der Waals surface area contributed by atoms with Crippen LogP contribution in [0.25, 0.3) is 11.0 Å². The predicted molar refractivity (Wildman–Crippen MR) is 148 cm³/mol. The summed E-state index contributed by atoms with van der Waals surface area (Å²) in [5.74, 6) is 0.626. The van der Waals surface area contributed by atoms with E-state index in [1.165, 1.54) is 18.7 Å². The normalized spacial score (nSPS) is 15.3. The van der Waals surface area contributed by atoms with Crippen LogP contribution in [0.1, 0.15) is 73.5 Å². The number of pyridine rings is 1. The number of carbonyl (C=O) groups is 2. The van der Waals surface area contributed by atoms with E-state index in [1.54, 1.807) is 18.3 Å². The molecule has 2 aromatic heterocycles. The fraction of sp³-hybridized carbons (Fsp3) is 0.467. The molecule has 8 nitrogen and oxygen atoms in total. The molecular weight excluding hydrogens is 478 g/mol. The molecule has 1 N–H and O–H groups in total. The number of ether oxygens (including phenoxy) is 1. The average Bonchev–Trinajstić information content (AvgIpc) is 3.25. The van der Waals surface area contributed by atoms with Crippen molar-refractivity contribution in [2.24, 2.45) is 18.4 Å². The number of aromatic nitrogens is 2. The molecule has 0 radical (unpaired) electrons. The molecule has 3 aromatic rings. The minimum Gasteiger partial charge on any atom is -0.495 e. The second kappa shape index (κ2) is 10.5. The molecule has 3 heterocycles. The van der Waals surface area contributed by atoms with E-state index in [9.17, 15) is 14.9 Å². The molecule has 1 saturated heterocycles. The lowest BCUT2D eigenvalue weighted by molar-refractivity contribution is -0.139. The Morgan fingerprint density at radius 2 is 1.92 bits per heavy atom. The van der Waals surface area contributed by atoms with Gasteiger partial charge in [-0.3, -0.25) is 9.59 Å². The number of benzene rings is 1. The van der Waals surface area contributed by atoms with Crippen molar-refractivity contribution >= 4 is 28.5 Å². The maximum atomic E-state index is 13.1. The summed E-state index contributed by atoms with van der Waals surface area (Å²) >= 11 is 0. The molecule has 0 aliphatic carbocycles. The molecule has 8 heteroatoms. The standard InChI is InChI=1S/C30H37N5O3/c1-18-24(33-28(36)21-8-9-25(38-7)22(14-21)15-31)16-32-27-26(18)23(17-34(27)6)20-10-12-35(13-11-20)29(37)19(2)30(3,4)5/h8-9,14,16-17,19-20H,10-13H2,1-7H3,(H,33,36)/t19-/m0/s1. The number of fused-ring (bicyclic) bond motifs is 1. The minimum absolute atomic E-state index is 0.0239. The van der Waals surface area contributed by atoms with E-state index in [0.717, 1.165) is 42.5 Å². The molecular formula is C30H37N5O3. The first-order valence-electron chi connectivity index (χ1n) is 13.1. The number of carbonyl (C=O) groups excluding carboxylic acids is 2. The first-order valence-corrected chi connectivity index (χ1v) is 13.1. The van der Waals surface area contributed by atoms with E-state index in [-0.39, 0.29) is 23.1 Å². The van der Waals surface area contributed by atoms with Gasteiger partial charge in [0.1, 0.15) is 17.5 Å². The van der Waals surface area contributed by atoms with Gasteiger partial charge in [0.15, 0.2) is 0 Å². The van der Waals surface area contributed by atoms with E-state index in [1.807, 2.05) is 30.4 Å². The van der Waals surface area contributed by atoms with Gasteiger partial charge in [0.25, 0.3) is 5.91 Å². The van der Waals surface area contributed by atoms with Gasteiger partial charge in [-0.25, -0.2) is 4.98 Å². The average molecular weight is 516 g/mol. The Morgan fingerprint density at radius 3 is 2.53 bits per heavy atom. The predicted octanol–water partition coefficient (Wildman–Crippen LogP) is 5.40. The van der Waals surface area contributed by atoms with Crippen molar-refractivity contribution in [3.63, 3.8) is 0 Å². The van der Waals surface area contributed by atoms with E-state index >= 15 is 0 Å². The maximum Gasteiger partial charge on any atom is 0.255 e. The highest BCUT2D eigenvalue weighted by atomic mass is 16.5. The Kier molecular flexibility index (Phi) is 7.50. The molecule has 0 unspecified atom stereocenters. The highest BCUT2D eigenvalue weighted by Gasteiger charge is 2.33. The molecule has 2 amide bonds. The van der Waals surface area contributed by atoms with Gasteiger partial charge in [0.05, 0.1) is 24.6 Å². The van der Waals surface area contributed by atoms with Gasteiger partial charge in [0, 0.05) is 43.2 Å². The van der Waals surface area contributed by atoms with Gasteiger partial charge in [-0.05, 0) is 60.4 Å². The van der Waals surface area contributed by atoms with E-state index < -0.39 is 0 Å². The first-order chi connectivity index (χ1) is 18.0. The SMILES string of the molecule is COc1ccc(C(=O)Nc2cnc3c(c(C4CCN(C(=O)[C@H](C)C(C)(C)C)CC4)cn3C)c2C)cc1C#N. The van der Waals surface area contributed by atoms with Crippen molar-refractivity contribution in [3.8, 4) is 11.8 Å². The highest BCUT2D eigenvalue weighted by Crippen LogP contribution is 2.38. The van der Waals surface area contributed by atoms with Crippen molar-refractivity contribution in [1.82, 2.24) is 14.5 Å². The Labute approximate surface area is 224 Å². The van der Waals surface area contributed by atoms with Crippen LogP contribution in [0.5, 0.6) is 5.75 Å². The Balaban J connectivity index is 1.57. The fourth-order valence-corrected chi connectivity index (χ4v) is 5.16. The zero-order valence-electron chi connectivity index (χ0n) is 23.4. The zero-order chi connectivity index (χ0) is 27.8. The summed E-state index contributed by atoms with van der Waals surface area (Å²) in [5.41, 5.74) is 4.27. The molecule has 1 fully saturated rings. The highest BCUT2D eigenvalue weighted by molar-refractivity contribution is 6.06. The largest absolute Gasteiger partial charge is 0.495 e. The first kappa shape index (κ1) is 27.2. The molecule has 0 bridgehead atoms. The van der Waals surface area contributed by atoms with Crippen molar-refractivity contribution in [2.75, 3.05) is 25.5 Å². The summed E-state index contributed by atoms with van der Waals surface area (Å²) < 4.78 is 7.22. The number of hydrogen-bond donors (Lipinski definition) is 1. The summed E-state index contributed by atoms with van der Waals surface area (Å²) in [6.07, 6.45) is 5.60. The van der Waals surface area contributed by atoms with E-state index in [2.05, 4.69) is 43.3 Å². The topological polar surface area (TPSA) is 100 Å². The number of piperidine rings is 1. The second-order valence-electron chi connectivity index (χ2n) is 11.4. The molecule has 0 spiro atoms. The van der Waals surface area contributed by atoms with Gasteiger partial charge >= 0.3 is 0 Å². The number of rotatable bonds is 5. The van der Waals surface area contributed by atoms with E-state index in [4.69, 9.17) is 4.74 Å². The van der Waals surface area contributed by atoms with Crippen LogP contribution in [-0.4, -0.2) is 46.5 Å². The fourth-order valence-electron chi connectivity index (χ4n) is 5.16. The lowest BCUT2D eigenvalue weighted by Gasteiger charge is -2.37. The van der Waals surface area contributed by atoms with Gasteiger partial charge in [-0.1, -0.05) is 27.7 Å². The van der Waals surface area contributed by atoms with Crippen LogP contribution in [0.3, 0.4) is 0 Å². The smallest absolute Gasteiger partial charge is 0.255 e. The monoisotopic (exact) mass is 515 g/mol. The van der Waals surface area contributed by atoms with Crippen LogP contribution < -0.4 is 10.1 Å². The van der Waals surface area contributed by atoms with Crippen LogP contribution >= 0.6 is 0 Å². The number of nitrogens with one attached hydrogen (secondary N) is 1. The number of aryl methyl sites for hydroxylation is 2. The summed E-state index contributed by atoms with van der Waals surface area (Å²) in [6.45, 7) is 11.8. The summed E-state index contributed by atoms with van der Waals surface area (Å²) in [7, 11) is 3.48. The Bertz CT molecular complexity index is 1420. The van der Waals surface area contributed by atoms with Crippen LogP contribution in [-0.2, 0) is 11.8 Å². The van der Waals surface area contributed by atoms with Crippen LogP contribution in [0.2, 0.25) is 0 Å². The van der Waals surface area contributed by atoms with Gasteiger partial charge in [0.2, 0.25) is 5.91 Å².